The van der Waals surface area contributed by atoms with Gasteiger partial charge in [-0.1, -0.05) is 0 Å². The van der Waals surface area contributed by atoms with Gasteiger partial charge in [0.05, 0.1) is 5.69 Å². The van der Waals surface area contributed by atoms with Crippen LogP contribution in [0.1, 0.15) is 16.2 Å². The topological polar surface area (TPSA) is 137 Å². The molecular formula is C12H12N4O5. The van der Waals surface area contributed by atoms with E-state index in [4.69, 9.17) is 5.11 Å². The summed E-state index contributed by atoms with van der Waals surface area (Å²) in [4.78, 5) is 49.8. The summed E-state index contributed by atoms with van der Waals surface area (Å²) in [7, 11) is 0. The maximum absolute atomic E-state index is 11.8. The molecule has 0 unspecified atom stereocenters. The van der Waals surface area contributed by atoms with Gasteiger partial charge in [-0.15, -0.1) is 0 Å². The van der Waals surface area contributed by atoms with Crippen molar-refractivity contribution in [2.45, 2.75) is 13.5 Å². The summed E-state index contributed by atoms with van der Waals surface area (Å²) in [5.41, 5.74) is -0.742. The first-order valence-corrected chi connectivity index (χ1v) is 5.89. The van der Waals surface area contributed by atoms with Gasteiger partial charge >= 0.3 is 11.7 Å². The smallest absolute Gasteiger partial charge is 0.354 e. The predicted octanol–water partition coefficient (Wildman–Crippen LogP) is -0.490. The molecule has 0 radical (unpaired) electrons. The van der Waals surface area contributed by atoms with Gasteiger partial charge in [-0.25, -0.2) is 9.59 Å². The molecule has 0 saturated heterocycles. The average Bonchev–Trinajstić information content (AvgIpc) is 2.74. The van der Waals surface area contributed by atoms with Crippen LogP contribution in [0.15, 0.2) is 27.9 Å². The van der Waals surface area contributed by atoms with Gasteiger partial charge in [0, 0.05) is 18.0 Å². The summed E-state index contributed by atoms with van der Waals surface area (Å²) in [6, 6.07) is 2.58. The number of aryl methyl sites for hydroxylation is 1. The van der Waals surface area contributed by atoms with Gasteiger partial charge in [0.15, 0.2) is 0 Å². The summed E-state index contributed by atoms with van der Waals surface area (Å²) in [5, 5.41) is 11.4. The van der Waals surface area contributed by atoms with E-state index < -0.39 is 23.1 Å². The van der Waals surface area contributed by atoms with Gasteiger partial charge in [0.25, 0.3) is 5.56 Å². The van der Waals surface area contributed by atoms with Crippen molar-refractivity contribution in [3.63, 3.8) is 0 Å². The molecule has 2 aromatic heterocycles. The first kappa shape index (κ1) is 14.3. The first-order valence-electron chi connectivity index (χ1n) is 5.89. The van der Waals surface area contributed by atoms with Crippen LogP contribution in [0.3, 0.4) is 0 Å². The maximum Gasteiger partial charge on any atom is 0.354 e. The lowest BCUT2D eigenvalue weighted by Crippen LogP contribution is -2.32. The van der Waals surface area contributed by atoms with Crippen molar-refractivity contribution in [3.8, 4) is 0 Å². The lowest BCUT2D eigenvalue weighted by Gasteiger charge is -2.06. The highest BCUT2D eigenvalue weighted by Gasteiger charge is 2.15. The Hall–Kier alpha value is -3.10. The monoisotopic (exact) mass is 292 g/mol. The molecule has 0 saturated carbocycles. The predicted molar refractivity (Wildman–Crippen MR) is 72.4 cm³/mol. The number of carboxylic acid groups (broad SMARTS) is 1. The van der Waals surface area contributed by atoms with Crippen LogP contribution in [-0.2, 0) is 11.3 Å². The van der Waals surface area contributed by atoms with Crippen LogP contribution in [0.25, 0.3) is 0 Å². The standard InChI is InChI=1S/C12H12N4O5/c1-6-4-7(10(13-6)11(19)20)14-9(18)5-16-3-2-8(17)15-12(16)21/h2-4,13H,5H2,1H3,(H,14,18)(H,19,20)(H,15,17,21). The number of H-pyrrole nitrogens is 2. The zero-order chi connectivity index (χ0) is 15.6. The molecule has 0 fully saturated rings. The van der Waals surface area contributed by atoms with Gasteiger partial charge in [-0.05, 0) is 13.0 Å². The molecule has 21 heavy (non-hydrogen) atoms. The molecule has 0 aromatic carbocycles. The number of hydrogen-bond donors (Lipinski definition) is 4. The van der Waals surface area contributed by atoms with Crippen molar-refractivity contribution in [2.24, 2.45) is 0 Å². The van der Waals surface area contributed by atoms with E-state index in [0.717, 1.165) is 10.6 Å². The third kappa shape index (κ3) is 3.26. The van der Waals surface area contributed by atoms with Crippen LogP contribution in [0.5, 0.6) is 0 Å². The normalized spacial score (nSPS) is 10.3. The molecule has 110 valence electrons. The molecule has 2 aromatic rings. The zero-order valence-corrected chi connectivity index (χ0v) is 11.0. The Bertz CT molecular complexity index is 814. The quantitative estimate of drug-likeness (QED) is 0.602. The number of nitrogens with zero attached hydrogens (tertiary/aromatic N) is 1. The lowest BCUT2D eigenvalue weighted by molar-refractivity contribution is -0.116. The number of carboxylic acids is 1. The lowest BCUT2D eigenvalue weighted by atomic mass is 10.3. The highest BCUT2D eigenvalue weighted by molar-refractivity contribution is 5.99. The molecule has 0 atom stereocenters. The Morgan fingerprint density at radius 3 is 2.67 bits per heavy atom. The van der Waals surface area contributed by atoms with E-state index in [9.17, 15) is 19.2 Å². The van der Waals surface area contributed by atoms with Crippen LogP contribution in [0, 0.1) is 6.92 Å². The summed E-state index contributed by atoms with van der Waals surface area (Å²) >= 11 is 0. The molecule has 0 aliphatic rings. The summed E-state index contributed by atoms with van der Waals surface area (Å²) < 4.78 is 0.997. The number of carbonyl (C=O) groups excluding carboxylic acids is 1. The van der Waals surface area contributed by atoms with Crippen LogP contribution in [-0.4, -0.2) is 31.5 Å². The second kappa shape index (κ2) is 5.49. The number of aromatic amines is 2. The first-order chi connectivity index (χ1) is 9.86. The number of aromatic carboxylic acids is 1. The van der Waals surface area contributed by atoms with E-state index >= 15 is 0 Å². The SMILES string of the molecule is Cc1cc(NC(=O)Cn2ccc(=O)[nH]c2=O)c(C(=O)O)[nH]1. The Labute approximate surface area is 117 Å². The second-order valence-electron chi connectivity index (χ2n) is 4.33. The molecular weight excluding hydrogens is 280 g/mol. The minimum atomic E-state index is -1.21. The molecule has 1 amide bonds. The number of anilines is 1. The van der Waals surface area contributed by atoms with Crippen LogP contribution >= 0.6 is 0 Å². The molecule has 0 bridgehead atoms. The number of hydrogen-bond acceptors (Lipinski definition) is 4. The second-order valence-corrected chi connectivity index (χ2v) is 4.33. The van der Waals surface area contributed by atoms with Crippen LogP contribution in [0.2, 0.25) is 0 Å². The maximum atomic E-state index is 11.8. The van der Waals surface area contributed by atoms with E-state index in [-0.39, 0.29) is 17.9 Å². The molecule has 9 heteroatoms. The van der Waals surface area contributed by atoms with E-state index in [0.29, 0.717) is 5.69 Å². The Balaban J connectivity index is 2.17. The van der Waals surface area contributed by atoms with E-state index in [2.05, 4.69) is 10.3 Å². The molecule has 0 aliphatic carbocycles. The minimum Gasteiger partial charge on any atom is -0.477 e. The van der Waals surface area contributed by atoms with Crippen molar-refractivity contribution in [3.05, 3.63) is 50.6 Å². The number of aromatic nitrogens is 3. The van der Waals surface area contributed by atoms with Gasteiger partial charge in [0.2, 0.25) is 5.91 Å². The Morgan fingerprint density at radius 1 is 1.33 bits per heavy atom. The fourth-order valence-electron chi connectivity index (χ4n) is 1.77. The van der Waals surface area contributed by atoms with E-state index in [1.54, 1.807) is 6.92 Å². The van der Waals surface area contributed by atoms with Gasteiger partial charge in [-0.2, -0.15) is 0 Å². The van der Waals surface area contributed by atoms with Crippen molar-refractivity contribution >= 4 is 17.6 Å². The molecule has 2 rings (SSSR count). The largest absolute Gasteiger partial charge is 0.477 e. The van der Waals surface area contributed by atoms with E-state index in [1.807, 2.05) is 4.98 Å². The number of nitrogens with one attached hydrogen (secondary N) is 3. The van der Waals surface area contributed by atoms with E-state index in [1.165, 1.54) is 12.3 Å². The van der Waals surface area contributed by atoms with Gasteiger partial charge in [-0.3, -0.25) is 19.1 Å². The van der Waals surface area contributed by atoms with Crippen molar-refractivity contribution in [1.29, 1.82) is 0 Å². The van der Waals surface area contributed by atoms with Crippen LogP contribution in [0.4, 0.5) is 5.69 Å². The summed E-state index contributed by atoms with van der Waals surface area (Å²) in [5.74, 6) is -1.80. The van der Waals surface area contributed by atoms with Gasteiger partial charge in [0.1, 0.15) is 12.2 Å². The average molecular weight is 292 g/mol. The zero-order valence-electron chi connectivity index (χ0n) is 11.0. The van der Waals surface area contributed by atoms with Crippen molar-refractivity contribution in [2.75, 3.05) is 5.32 Å². The number of amides is 1. The third-order valence-electron chi connectivity index (χ3n) is 2.65. The molecule has 4 N–H and O–H groups in total. The summed E-state index contributed by atoms with van der Waals surface area (Å²) in [6.45, 7) is 1.30. The fraction of sp³-hybridized carbons (Fsp3) is 0.167. The number of carbonyl (C=O) groups is 2. The minimum absolute atomic E-state index is 0.113. The highest BCUT2D eigenvalue weighted by Crippen LogP contribution is 2.16. The van der Waals surface area contributed by atoms with Crippen molar-refractivity contribution < 1.29 is 14.7 Å². The third-order valence-corrected chi connectivity index (χ3v) is 2.65. The fourth-order valence-corrected chi connectivity index (χ4v) is 1.77. The molecule has 2 heterocycles. The Morgan fingerprint density at radius 2 is 2.05 bits per heavy atom. The number of rotatable bonds is 4. The summed E-state index contributed by atoms with van der Waals surface area (Å²) in [6.07, 6.45) is 1.18. The van der Waals surface area contributed by atoms with Crippen molar-refractivity contribution in [1.82, 2.24) is 14.5 Å². The molecule has 0 spiro atoms. The van der Waals surface area contributed by atoms with Gasteiger partial charge < -0.3 is 15.4 Å². The van der Waals surface area contributed by atoms with Crippen LogP contribution < -0.4 is 16.6 Å². The molecule has 0 aliphatic heterocycles. The highest BCUT2D eigenvalue weighted by atomic mass is 16.4. The molecule has 9 nitrogen and oxygen atoms in total. The Kier molecular flexibility index (Phi) is 3.74.